The van der Waals surface area contributed by atoms with E-state index in [9.17, 15) is 4.79 Å². The number of amides is 2. The van der Waals surface area contributed by atoms with Gasteiger partial charge < -0.3 is 5.32 Å². The summed E-state index contributed by atoms with van der Waals surface area (Å²) in [4.78, 5) is 12.1. The maximum atomic E-state index is 12.1. The van der Waals surface area contributed by atoms with Gasteiger partial charge in [-0.2, -0.15) is 0 Å². The number of carbonyl (C=O) groups is 1. The van der Waals surface area contributed by atoms with E-state index in [0.717, 1.165) is 5.69 Å². The first-order chi connectivity index (χ1) is 8.49. The van der Waals surface area contributed by atoms with E-state index < -0.39 is 0 Å². The second-order valence-corrected chi connectivity index (χ2v) is 5.62. The molecule has 1 saturated carbocycles. The average Bonchev–Trinajstić information content (AvgIpc) is 3.10. The molecule has 96 valence electrons. The standard InChI is InChI=1S/C14H19N3O/c1-9-4-7-12(8-10(9)2)17-13(18)15-14(3,16-17)11-5-6-11/h4,7-8,11,16H,5-6H2,1-3H3,(H,15,18). The summed E-state index contributed by atoms with van der Waals surface area (Å²) < 4.78 is 0. The third kappa shape index (κ3) is 1.77. The maximum absolute atomic E-state index is 12.1. The van der Waals surface area contributed by atoms with Crippen molar-refractivity contribution >= 4 is 11.7 Å². The van der Waals surface area contributed by atoms with Crippen molar-refractivity contribution in [2.24, 2.45) is 5.92 Å². The van der Waals surface area contributed by atoms with Crippen molar-refractivity contribution in [1.82, 2.24) is 10.7 Å². The molecule has 1 aromatic rings. The Balaban J connectivity index is 1.88. The molecule has 1 heterocycles. The first kappa shape index (κ1) is 11.5. The SMILES string of the molecule is Cc1ccc(N2NC(C)(C3CC3)NC2=O)cc1C. The van der Waals surface area contributed by atoms with Crippen LogP contribution in [0.4, 0.5) is 10.5 Å². The number of aryl methyl sites for hydroxylation is 2. The van der Waals surface area contributed by atoms with Crippen LogP contribution in [0.1, 0.15) is 30.9 Å². The minimum Gasteiger partial charge on any atom is -0.317 e. The zero-order valence-electron chi connectivity index (χ0n) is 11.1. The molecule has 0 aromatic heterocycles. The van der Waals surface area contributed by atoms with Crippen LogP contribution in [-0.2, 0) is 0 Å². The summed E-state index contributed by atoms with van der Waals surface area (Å²) >= 11 is 0. The fourth-order valence-corrected chi connectivity index (χ4v) is 2.49. The lowest BCUT2D eigenvalue weighted by Crippen LogP contribution is -2.50. The summed E-state index contributed by atoms with van der Waals surface area (Å²) in [5.74, 6) is 0.554. The van der Waals surface area contributed by atoms with Crippen molar-refractivity contribution in [2.45, 2.75) is 39.3 Å². The number of urea groups is 1. The van der Waals surface area contributed by atoms with Crippen LogP contribution in [0.3, 0.4) is 0 Å². The number of rotatable bonds is 2. The molecular weight excluding hydrogens is 226 g/mol. The Kier molecular flexibility index (Phi) is 2.38. The van der Waals surface area contributed by atoms with Gasteiger partial charge in [0.1, 0.15) is 5.66 Å². The summed E-state index contributed by atoms with van der Waals surface area (Å²) in [6, 6.07) is 6.01. The van der Waals surface area contributed by atoms with E-state index in [1.54, 1.807) is 5.01 Å². The van der Waals surface area contributed by atoms with Gasteiger partial charge in [-0.05, 0) is 62.8 Å². The number of nitrogens with zero attached hydrogens (tertiary/aromatic N) is 1. The zero-order valence-corrected chi connectivity index (χ0v) is 11.1. The summed E-state index contributed by atoms with van der Waals surface area (Å²) in [6.45, 7) is 6.20. The van der Waals surface area contributed by atoms with Crippen molar-refractivity contribution in [3.05, 3.63) is 29.3 Å². The second kappa shape index (κ2) is 3.72. The van der Waals surface area contributed by atoms with Gasteiger partial charge in [0.2, 0.25) is 0 Å². The van der Waals surface area contributed by atoms with Crippen LogP contribution < -0.4 is 15.8 Å². The Hall–Kier alpha value is -1.55. The zero-order chi connectivity index (χ0) is 12.9. The highest BCUT2D eigenvalue weighted by molar-refractivity contribution is 5.94. The number of hydrogen-bond donors (Lipinski definition) is 2. The highest BCUT2D eigenvalue weighted by atomic mass is 16.2. The van der Waals surface area contributed by atoms with Gasteiger partial charge in [-0.3, -0.25) is 0 Å². The lowest BCUT2D eigenvalue weighted by molar-refractivity contribution is 0.245. The topological polar surface area (TPSA) is 44.4 Å². The molecule has 1 aliphatic carbocycles. The highest BCUT2D eigenvalue weighted by Gasteiger charge is 2.49. The Morgan fingerprint density at radius 1 is 1.28 bits per heavy atom. The van der Waals surface area contributed by atoms with E-state index in [4.69, 9.17) is 0 Å². The Morgan fingerprint density at radius 2 is 2.00 bits per heavy atom. The molecule has 1 unspecified atom stereocenters. The van der Waals surface area contributed by atoms with E-state index >= 15 is 0 Å². The molecule has 1 atom stereocenters. The van der Waals surface area contributed by atoms with Crippen LogP contribution in [0.25, 0.3) is 0 Å². The fourth-order valence-electron chi connectivity index (χ4n) is 2.49. The van der Waals surface area contributed by atoms with Gasteiger partial charge in [-0.1, -0.05) is 6.07 Å². The van der Waals surface area contributed by atoms with Gasteiger partial charge in [0.15, 0.2) is 0 Å². The highest BCUT2D eigenvalue weighted by Crippen LogP contribution is 2.40. The normalized spacial score (nSPS) is 27.5. The molecule has 4 heteroatoms. The van der Waals surface area contributed by atoms with E-state index in [-0.39, 0.29) is 11.7 Å². The van der Waals surface area contributed by atoms with Gasteiger partial charge in [-0.15, -0.1) is 0 Å². The molecule has 1 saturated heterocycles. The third-order valence-corrected chi connectivity index (χ3v) is 4.06. The molecule has 1 aromatic carbocycles. The van der Waals surface area contributed by atoms with Crippen LogP contribution >= 0.6 is 0 Å². The van der Waals surface area contributed by atoms with Crippen LogP contribution in [0.15, 0.2) is 18.2 Å². The minimum atomic E-state index is -0.282. The number of carbonyl (C=O) groups excluding carboxylic acids is 1. The Labute approximate surface area is 107 Å². The van der Waals surface area contributed by atoms with Gasteiger partial charge in [0, 0.05) is 0 Å². The molecule has 0 spiro atoms. The van der Waals surface area contributed by atoms with Crippen LogP contribution in [0.2, 0.25) is 0 Å². The van der Waals surface area contributed by atoms with Crippen molar-refractivity contribution in [3.63, 3.8) is 0 Å². The fraction of sp³-hybridized carbons (Fsp3) is 0.500. The molecule has 1 aliphatic heterocycles. The Morgan fingerprint density at radius 3 is 2.61 bits per heavy atom. The van der Waals surface area contributed by atoms with Gasteiger partial charge >= 0.3 is 6.03 Å². The quantitative estimate of drug-likeness (QED) is 0.840. The molecule has 0 radical (unpaired) electrons. The predicted molar refractivity (Wildman–Crippen MR) is 71.2 cm³/mol. The third-order valence-electron chi connectivity index (χ3n) is 4.06. The molecular formula is C14H19N3O. The summed E-state index contributed by atoms with van der Waals surface area (Å²) in [6.07, 6.45) is 2.37. The number of benzene rings is 1. The molecule has 4 nitrogen and oxygen atoms in total. The molecule has 2 aliphatic rings. The average molecular weight is 245 g/mol. The monoisotopic (exact) mass is 245 g/mol. The smallest absolute Gasteiger partial charge is 0.317 e. The lowest BCUT2D eigenvalue weighted by atomic mass is 10.1. The number of nitrogens with one attached hydrogen (secondary N) is 2. The summed E-state index contributed by atoms with van der Waals surface area (Å²) in [5.41, 5.74) is 6.37. The molecule has 2 amide bonds. The van der Waals surface area contributed by atoms with Crippen molar-refractivity contribution in [2.75, 3.05) is 5.01 Å². The predicted octanol–water partition coefficient (Wildman–Crippen LogP) is 2.46. The van der Waals surface area contributed by atoms with Gasteiger partial charge in [0.05, 0.1) is 5.69 Å². The van der Waals surface area contributed by atoms with E-state index in [0.29, 0.717) is 5.92 Å². The number of hydrogen-bond acceptors (Lipinski definition) is 2. The largest absolute Gasteiger partial charge is 0.338 e. The molecule has 18 heavy (non-hydrogen) atoms. The van der Waals surface area contributed by atoms with Crippen molar-refractivity contribution in [1.29, 1.82) is 0 Å². The first-order valence-corrected chi connectivity index (χ1v) is 6.47. The van der Waals surface area contributed by atoms with Crippen LogP contribution in [-0.4, -0.2) is 11.7 Å². The van der Waals surface area contributed by atoms with Crippen molar-refractivity contribution < 1.29 is 4.79 Å². The second-order valence-electron chi connectivity index (χ2n) is 5.62. The Bertz CT molecular complexity index is 510. The number of anilines is 1. The van der Waals surface area contributed by atoms with Crippen molar-refractivity contribution in [3.8, 4) is 0 Å². The lowest BCUT2D eigenvalue weighted by Gasteiger charge is -2.24. The summed E-state index contributed by atoms with van der Waals surface area (Å²) in [7, 11) is 0. The number of hydrazine groups is 1. The van der Waals surface area contributed by atoms with E-state index in [1.807, 2.05) is 18.2 Å². The van der Waals surface area contributed by atoms with Crippen LogP contribution in [0, 0.1) is 19.8 Å². The van der Waals surface area contributed by atoms with Crippen LogP contribution in [0.5, 0.6) is 0 Å². The van der Waals surface area contributed by atoms with E-state index in [2.05, 4.69) is 31.5 Å². The summed E-state index contributed by atoms with van der Waals surface area (Å²) in [5, 5.41) is 4.68. The molecule has 2 fully saturated rings. The molecule has 2 N–H and O–H groups in total. The van der Waals surface area contributed by atoms with E-state index in [1.165, 1.54) is 24.0 Å². The van der Waals surface area contributed by atoms with Gasteiger partial charge in [0.25, 0.3) is 0 Å². The molecule has 0 bridgehead atoms. The maximum Gasteiger partial charge on any atom is 0.338 e. The van der Waals surface area contributed by atoms with Gasteiger partial charge in [-0.25, -0.2) is 15.2 Å². The minimum absolute atomic E-state index is 0.0624. The first-order valence-electron chi connectivity index (χ1n) is 6.47. The molecule has 3 rings (SSSR count).